The second-order valence-electron chi connectivity index (χ2n) is 6.67. The Morgan fingerprint density at radius 3 is 2.30 bits per heavy atom. The first-order valence-corrected chi connectivity index (χ1v) is 9.38. The Hall–Kier alpha value is -2.63. The first-order valence-electron chi connectivity index (χ1n) is 9.38. The molecule has 0 saturated heterocycles. The second kappa shape index (κ2) is 9.35. The summed E-state index contributed by atoms with van der Waals surface area (Å²) in [7, 11) is 1.88. The molecule has 0 aliphatic heterocycles. The van der Waals surface area contributed by atoms with Gasteiger partial charge in [-0.15, -0.1) is 0 Å². The third-order valence-electron chi connectivity index (χ3n) is 4.55. The van der Waals surface area contributed by atoms with E-state index in [1.807, 2.05) is 55.7 Å². The van der Waals surface area contributed by atoms with E-state index in [1.165, 1.54) is 5.56 Å². The number of hydrogen-bond acceptors (Lipinski definition) is 4. The van der Waals surface area contributed by atoms with E-state index in [9.17, 15) is 5.11 Å². The summed E-state index contributed by atoms with van der Waals surface area (Å²) in [6.45, 7) is 2.20. The van der Waals surface area contributed by atoms with Crippen LogP contribution in [0.25, 0.3) is 0 Å². The summed E-state index contributed by atoms with van der Waals surface area (Å²) in [5.41, 5.74) is 2.17. The van der Waals surface area contributed by atoms with E-state index in [0.29, 0.717) is 0 Å². The number of aliphatic hydroxyl groups excluding tert-OH is 1. The molecule has 0 spiro atoms. The SMILES string of the molecule is CCCC(NC(CO)c1cnn(C)c1)c1ccc(Oc2ccccc2)cc1. The minimum Gasteiger partial charge on any atom is -0.457 e. The Bertz CT molecular complexity index is 815. The number of nitrogens with one attached hydrogen (secondary N) is 1. The van der Waals surface area contributed by atoms with Crippen LogP contribution < -0.4 is 10.1 Å². The maximum Gasteiger partial charge on any atom is 0.127 e. The molecule has 0 saturated carbocycles. The van der Waals surface area contributed by atoms with Gasteiger partial charge in [-0.05, 0) is 36.2 Å². The highest BCUT2D eigenvalue weighted by Crippen LogP contribution is 2.27. The summed E-state index contributed by atoms with van der Waals surface area (Å²) in [5.74, 6) is 1.64. The monoisotopic (exact) mass is 365 g/mol. The Balaban J connectivity index is 1.72. The number of ether oxygens (including phenoxy) is 1. The van der Waals surface area contributed by atoms with Gasteiger partial charge in [0.1, 0.15) is 11.5 Å². The first kappa shape index (κ1) is 19.1. The Morgan fingerprint density at radius 1 is 1.00 bits per heavy atom. The molecule has 1 heterocycles. The van der Waals surface area contributed by atoms with Crippen LogP contribution in [0.15, 0.2) is 67.0 Å². The molecule has 27 heavy (non-hydrogen) atoms. The van der Waals surface area contributed by atoms with E-state index in [1.54, 1.807) is 10.9 Å². The minimum atomic E-state index is -0.143. The average molecular weight is 365 g/mol. The van der Waals surface area contributed by atoms with Gasteiger partial charge in [0.15, 0.2) is 0 Å². The number of rotatable bonds is 9. The Labute approximate surface area is 160 Å². The predicted octanol–water partition coefficient (Wildman–Crippen LogP) is 4.38. The van der Waals surface area contributed by atoms with Crippen LogP contribution in [0.3, 0.4) is 0 Å². The van der Waals surface area contributed by atoms with E-state index in [-0.39, 0.29) is 18.7 Å². The van der Waals surface area contributed by atoms with E-state index in [4.69, 9.17) is 4.74 Å². The van der Waals surface area contributed by atoms with Gasteiger partial charge in [0, 0.05) is 24.8 Å². The van der Waals surface area contributed by atoms with Gasteiger partial charge in [0.25, 0.3) is 0 Å². The Kier molecular flexibility index (Phi) is 6.63. The van der Waals surface area contributed by atoms with E-state index in [2.05, 4.69) is 29.5 Å². The normalized spacial score (nSPS) is 13.3. The molecule has 0 bridgehead atoms. The quantitative estimate of drug-likeness (QED) is 0.591. The van der Waals surface area contributed by atoms with Crippen molar-refractivity contribution in [3.05, 3.63) is 78.1 Å². The number of aryl methyl sites for hydroxylation is 1. The summed E-state index contributed by atoms with van der Waals surface area (Å²) in [4.78, 5) is 0. The lowest BCUT2D eigenvalue weighted by atomic mass is 10.00. The topological polar surface area (TPSA) is 59.3 Å². The molecule has 0 amide bonds. The van der Waals surface area contributed by atoms with Gasteiger partial charge in [0.2, 0.25) is 0 Å². The number of nitrogens with zero attached hydrogens (tertiary/aromatic N) is 2. The summed E-state index contributed by atoms with van der Waals surface area (Å²) in [5, 5.41) is 17.6. The van der Waals surface area contributed by atoms with E-state index in [0.717, 1.165) is 29.9 Å². The molecule has 0 fully saturated rings. The summed E-state index contributed by atoms with van der Waals surface area (Å²) in [6.07, 6.45) is 5.77. The molecule has 0 aliphatic rings. The molecular formula is C22H27N3O2. The van der Waals surface area contributed by atoms with Gasteiger partial charge in [-0.1, -0.05) is 43.7 Å². The lowest BCUT2D eigenvalue weighted by Gasteiger charge is -2.24. The fraction of sp³-hybridized carbons (Fsp3) is 0.318. The number of hydrogen-bond donors (Lipinski definition) is 2. The molecule has 2 N–H and O–H groups in total. The van der Waals surface area contributed by atoms with Crippen LogP contribution in [0.1, 0.15) is 43.0 Å². The zero-order chi connectivity index (χ0) is 19.1. The molecule has 1 aromatic heterocycles. The van der Waals surface area contributed by atoms with Crippen LogP contribution in [0.2, 0.25) is 0 Å². The third kappa shape index (κ3) is 5.18. The molecule has 5 nitrogen and oxygen atoms in total. The largest absolute Gasteiger partial charge is 0.457 e. The molecule has 3 aromatic rings. The lowest BCUT2D eigenvalue weighted by molar-refractivity contribution is 0.230. The maximum absolute atomic E-state index is 9.84. The Morgan fingerprint density at radius 2 is 1.70 bits per heavy atom. The lowest BCUT2D eigenvalue weighted by Crippen LogP contribution is -2.28. The first-order chi connectivity index (χ1) is 13.2. The summed E-state index contributed by atoms with van der Waals surface area (Å²) < 4.78 is 7.63. The van der Waals surface area contributed by atoms with Crippen molar-refractivity contribution in [2.24, 2.45) is 7.05 Å². The highest BCUT2D eigenvalue weighted by atomic mass is 16.5. The van der Waals surface area contributed by atoms with Crippen LogP contribution in [0.4, 0.5) is 0 Å². The zero-order valence-corrected chi connectivity index (χ0v) is 15.9. The highest BCUT2D eigenvalue weighted by Gasteiger charge is 2.18. The van der Waals surface area contributed by atoms with E-state index >= 15 is 0 Å². The highest BCUT2D eigenvalue weighted by molar-refractivity contribution is 5.34. The maximum atomic E-state index is 9.84. The van der Waals surface area contributed by atoms with Gasteiger partial charge in [-0.3, -0.25) is 4.68 Å². The van der Waals surface area contributed by atoms with Crippen molar-refractivity contribution in [3.8, 4) is 11.5 Å². The van der Waals surface area contributed by atoms with Crippen molar-refractivity contribution in [1.29, 1.82) is 0 Å². The summed E-state index contributed by atoms with van der Waals surface area (Å²) >= 11 is 0. The van der Waals surface area contributed by atoms with Crippen molar-refractivity contribution in [1.82, 2.24) is 15.1 Å². The zero-order valence-electron chi connectivity index (χ0n) is 15.9. The number of aliphatic hydroxyl groups is 1. The van der Waals surface area contributed by atoms with Crippen LogP contribution in [0, 0.1) is 0 Å². The van der Waals surface area contributed by atoms with Crippen LogP contribution >= 0.6 is 0 Å². The molecule has 2 atom stereocenters. The van der Waals surface area contributed by atoms with Crippen molar-refractivity contribution < 1.29 is 9.84 Å². The molecule has 2 aromatic carbocycles. The molecule has 5 heteroatoms. The van der Waals surface area contributed by atoms with Crippen molar-refractivity contribution in [2.45, 2.75) is 31.8 Å². The fourth-order valence-electron chi connectivity index (χ4n) is 3.14. The van der Waals surface area contributed by atoms with Gasteiger partial charge in [-0.2, -0.15) is 5.10 Å². The van der Waals surface area contributed by atoms with Crippen molar-refractivity contribution in [3.63, 3.8) is 0 Å². The van der Waals surface area contributed by atoms with Crippen LogP contribution in [-0.4, -0.2) is 21.5 Å². The number of para-hydroxylation sites is 1. The van der Waals surface area contributed by atoms with E-state index < -0.39 is 0 Å². The number of benzene rings is 2. The van der Waals surface area contributed by atoms with Crippen molar-refractivity contribution >= 4 is 0 Å². The van der Waals surface area contributed by atoms with Crippen molar-refractivity contribution in [2.75, 3.05) is 6.61 Å². The molecular weight excluding hydrogens is 338 g/mol. The molecule has 0 aliphatic carbocycles. The van der Waals surface area contributed by atoms with Gasteiger partial charge in [0.05, 0.1) is 18.8 Å². The van der Waals surface area contributed by atoms with Gasteiger partial charge in [-0.25, -0.2) is 0 Å². The number of aromatic nitrogens is 2. The third-order valence-corrected chi connectivity index (χ3v) is 4.55. The summed E-state index contributed by atoms with van der Waals surface area (Å²) in [6, 6.07) is 17.9. The second-order valence-corrected chi connectivity index (χ2v) is 6.67. The standard InChI is InChI=1S/C22H27N3O2/c1-3-7-21(24-22(16-26)18-14-23-25(2)15-18)17-10-12-20(13-11-17)27-19-8-5-4-6-9-19/h4-6,8-15,21-22,24,26H,3,7,16H2,1-2H3. The smallest absolute Gasteiger partial charge is 0.127 e. The van der Waals surface area contributed by atoms with Gasteiger partial charge >= 0.3 is 0 Å². The predicted molar refractivity (Wildman–Crippen MR) is 107 cm³/mol. The molecule has 142 valence electrons. The van der Waals surface area contributed by atoms with Gasteiger partial charge < -0.3 is 15.2 Å². The van der Waals surface area contributed by atoms with Crippen LogP contribution in [-0.2, 0) is 7.05 Å². The minimum absolute atomic E-state index is 0.0289. The average Bonchev–Trinajstić information content (AvgIpc) is 3.13. The molecule has 0 radical (unpaired) electrons. The molecule has 3 rings (SSSR count). The fourth-order valence-corrected chi connectivity index (χ4v) is 3.14. The molecule has 2 unspecified atom stereocenters. The van der Waals surface area contributed by atoms with Crippen LogP contribution in [0.5, 0.6) is 11.5 Å².